The van der Waals surface area contributed by atoms with Crippen LogP contribution < -0.4 is 20.9 Å². The Morgan fingerprint density at radius 2 is 1.72 bits per heavy atom. The molecule has 0 aromatic heterocycles. The minimum Gasteiger partial charge on any atom is -0.493 e. The van der Waals surface area contributed by atoms with Gasteiger partial charge in [0.15, 0.2) is 18.1 Å². The minimum atomic E-state index is -0.757. The fourth-order valence-corrected chi connectivity index (χ4v) is 1.29. The van der Waals surface area contributed by atoms with Gasteiger partial charge in [-0.25, -0.2) is 4.79 Å². The number of nitrogens with two attached hydrogens (primary N) is 2. The lowest BCUT2D eigenvalue weighted by Gasteiger charge is -2.11. The molecule has 0 atom stereocenters. The molecule has 0 aliphatic rings. The number of hydrogen-bond acceptors (Lipinski definition) is 6. The lowest BCUT2D eigenvalue weighted by Crippen LogP contribution is -2.21. The summed E-state index contributed by atoms with van der Waals surface area (Å²) in [4.78, 5) is 22.1. The number of hydrogen-bond donors (Lipinski definition) is 2. The van der Waals surface area contributed by atoms with Crippen LogP contribution in [0.4, 0.5) is 5.69 Å². The van der Waals surface area contributed by atoms with Crippen molar-refractivity contribution in [3.63, 3.8) is 0 Å². The van der Waals surface area contributed by atoms with E-state index in [0.717, 1.165) is 0 Å². The number of carbonyl (C=O) groups is 2. The molecule has 0 saturated carbocycles. The number of amides is 1. The average molecular weight is 254 g/mol. The highest BCUT2D eigenvalue weighted by molar-refractivity contribution is 5.97. The molecule has 0 fully saturated rings. The summed E-state index contributed by atoms with van der Waals surface area (Å²) in [5.74, 6) is -0.783. The second kappa shape index (κ2) is 5.76. The van der Waals surface area contributed by atoms with Crippen molar-refractivity contribution in [1.29, 1.82) is 0 Å². The highest BCUT2D eigenvalue weighted by Crippen LogP contribution is 2.32. The number of esters is 1. The van der Waals surface area contributed by atoms with E-state index in [1.807, 2.05) is 0 Å². The van der Waals surface area contributed by atoms with Crippen molar-refractivity contribution in [2.75, 3.05) is 26.6 Å². The van der Waals surface area contributed by atoms with Gasteiger partial charge in [0.05, 0.1) is 25.5 Å². The Balaban J connectivity index is 3.01. The molecule has 7 nitrogen and oxygen atoms in total. The predicted octanol–water partition coefficient (Wildman–Crippen LogP) is -0.0719. The molecule has 1 rings (SSSR count). The fraction of sp³-hybridized carbons (Fsp3) is 0.273. The molecule has 1 aromatic carbocycles. The molecule has 0 spiro atoms. The van der Waals surface area contributed by atoms with Gasteiger partial charge in [-0.2, -0.15) is 0 Å². The van der Waals surface area contributed by atoms with Gasteiger partial charge in [0, 0.05) is 12.1 Å². The summed E-state index contributed by atoms with van der Waals surface area (Å²) in [7, 11) is 2.87. The van der Waals surface area contributed by atoms with E-state index in [1.165, 1.54) is 26.4 Å². The molecule has 0 bridgehead atoms. The lowest BCUT2D eigenvalue weighted by atomic mass is 10.1. The quantitative estimate of drug-likeness (QED) is 0.561. The van der Waals surface area contributed by atoms with Crippen LogP contribution in [0, 0.1) is 0 Å². The van der Waals surface area contributed by atoms with Crippen molar-refractivity contribution in [2.24, 2.45) is 5.73 Å². The van der Waals surface area contributed by atoms with Gasteiger partial charge in [-0.05, 0) is 0 Å². The van der Waals surface area contributed by atoms with Crippen LogP contribution in [-0.4, -0.2) is 32.7 Å². The van der Waals surface area contributed by atoms with E-state index < -0.39 is 18.5 Å². The van der Waals surface area contributed by atoms with E-state index in [-0.39, 0.29) is 11.3 Å². The van der Waals surface area contributed by atoms with Gasteiger partial charge in [0.25, 0.3) is 5.91 Å². The maximum atomic E-state index is 11.6. The highest BCUT2D eigenvalue weighted by Gasteiger charge is 2.16. The maximum Gasteiger partial charge on any atom is 0.340 e. The van der Waals surface area contributed by atoms with Gasteiger partial charge in [0.1, 0.15) is 0 Å². The number of ether oxygens (including phenoxy) is 3. The maximum absolute atomic E-state index is 11.6. The zero-order chi connectivity index (χ0) is 13.7. The molecular weight excluding hydrogens is 240 g/mol. The standard InChI is InChI=1S/C11H14N2O5/c1-16-8-3-6(7(12)4-9(8)17-2)11(15)18-5-10(13)14/h3-4H,5,12H2,1-2H3,(H2,13,14). The van der Waals surface area contributed by atoms with E-state index in [1.54, 1.807) is 0 Å². The molecule has 7 heteroatoms. The monoisotopic (exact) mass is 254 g/mol. The lowest BCUT2D eigenvalue weighted by molar-refractivity contribution is -0.121. The summed E-state index contributed by atoms with van der Waals surface area (Å²) < 4.78 is 14.7. The third kappa shape index (κ3) is 3.03. The Hall–Kier alpha value is -2.44. The van der Waals surface area contributed by atoms with Crippen molar-refractivity contribution >= 4 is 17.6 Å². The molecule has 0 aliphatic heterocycles. The Bertz CT molecular complexity index is 473. The van der Waals surface area contributed by atoms with Crippen molar-refractivity contribution in [3.8, 4) is 11.5 Å². The number of nitrogen functional groups attached to an aromatic ring is 1. The van der Waals surface area contributed by atoms with Crippen LogP contribution in [0.25, 0.3) is 0 Å². The normalized spacial score (nSPS) is 9.67. The molecular formula is C11H14N2O5. The number of benzene rings is 1. The summed E-state index contributed by atoms with van der Waals surface area (Å²) in [5, 5.41) is 0. The fourth-order valence-electron chi connectivity index (χ4n) is 1.29. The number of carbonyl (C=O) groups excluding carboxylic acids is 2. The SMILES string of the molecule is COc1cc(N)c(C(=O)OCC(N)=O)cc1OC. The third-order valence-corrected chi connectivity index (χ3v) is 2.12. The molecule has 0 saturated heterocycles. The number of primary amides is 1. The van der Waals surface area contributed by atoms with Crippen molar-refractivity contribution in [3.05, 3.63) is 17.7 Å². The number of anilines is 1. The van der Waals surface area contributed by atoms with Crippen LogP contribution in [0.1, 0.15) is 10.4 Å². The summed E-state index contributed by atoms with van der Waals surface area (Å²) in [6.45, 7) is -0.507. The summed E-state index contributed by atoms with van der Waals surface area (Å²) in [6.07, 6.45) is 0. The third-order valence-electron chi connectivity index (χ3n) is 2.12. The molecule has 0 radical (unpaired) electrons. The van der Waals surface area contributed by atoms with Crippen LogP contribution in [0.2, 0.25) is 0 Å². The molecule has 1 amide bonds. The van der Waals surface area contributed by atoms with E-state index in [4.69, 9.17) is 20.9 Å². The smallest absolute Gasteiger partial charge is 0.340 e. The highest BCUT2D eigenvalue weighted by atomic mass is 16.5. The van der Waals surface area contributed by atoms with Crippen LogP contribution >= 0.6 is 0 Å². The Morgan fingerprint density at radius 3 is 2.22 bits per heavy atom. The Labute approximate surface area is 104 Å². The number of methoxy groups -OCH3 is 2. The predicted molar refractivity (Wildman–Crippen MR) is 63.4 cm³/mol. The van der Waals surface area contributed by atoms with Gasteiger partial charge in [-0.1, -0.05) is 0 Å². The van der Waals surface area contributed by atoms with E-state index >= 15 is 0 Å². The number of rotatable bonds is 5. The van der Waals surface area contributed by atoms with Gasteiger partial charge < -0.3 is 25.7 Å². The summed E-state index contributed by atoms with van der Waals surface area (Å²) in [5.41, 5.74) is 10.8. The molecule has 98 valence electrons. The van der Waals surface area contributed by atoms with Crippen molar-refractivity contribution in [1.82, 2.24) is 0 Å². The first-order chi connectivity index (χ1) is 8.49. The topological polar surface area (TPSA) is 114 Å². The van der Waals surface area contributed by atoms with Gasteiger partial charge >= 0.3 is 5.97 Å². The molecule has 18 heavy (non-hydrogen) atoms. The van der Waals surface area contributed by atoms with E-state index in [0.29, 0.717) is 11.5 Å². The largest absolute Gasteiger partial charge is 0.493 e. The first kappa shape index (κ1) is 13.6. The zero-order valence-electron chi connectivity index (χ0n) is 10.1. The van der Waals surface area contributed by atoms with Crippen molar-refractivity contribution < 1.29 is 23.8 Å². The first-order valence-electron chi connectivity index (χ1n) is 4.96. The minimum absolute atomic E-state index is 0.0777. The molecule has 1 aromatic rings. The van der Waals surface area contributed by atoms with E-state index in [9.17, 15) is 9.59 Å². The molecule has 0 aliphatic carbocycles. The second-order valence-corrected chi connectivity index (χ2v) is 3.34. The second-order valence-electron chi connectivity index (χ2n) is 3.34. The van der Waals surface area contributed by atoms with Crippen LogP contribution in [0.15, 0.2) is 12.1 Å². The van der Waals surface area contributed by atoms with Gasteiger partial charge in [0.2, 0.25) is 0 Å². The molecule has 4 N–H and O–H groups in total. The average Bonchev–Trinajstić information content (AvgIpc) is 2.35. The Morgan fingerprint density at radius 1 is 1.17 bits per heavy atom. The molecule has 0 heterocycles. The van der Waals surface area contributed by atoms with Crippen molar-refractivity contribution in [2.45, 2.75) is 0 Å². The van der Waals surface area contributed by atoms with Crippen LogP contribution in [0.3, 0.4) is 0 Å². The van der Waals surface area contributed by atoms with E-state index in [2.05, 4.69) is 4.74 Å². The van der Waals surface area contributed by atoms with Crippen LogP contribution in [-0.2, 0) is 9.53 Å². The molecule has 0 unspecified atom stereocenters. The zero-order valence-corrected chi connectivity index (χ0v) is 10.1. The van der Waals surface area contributed by atoms with Crippen LogP contribution in [0.5, 0.6) is 11.5 Å². The summed E-state index contributed by atoms with van der Waals surface area (Å²) >= 11 is 0. The van der Waals surface area contributed by atoms with Gasteiger partial charge in [-0.3, -0.25) is 4.79 Å². The first-order valence-corrected chi connectivity index (χ1v) is 4.96. The summed E-state index contributed by atoms with van der Waals surface area (Å²) in [6, 6.07) is 2.80. The Kier molecular flexibility index (Phi) is 4.36. The van der Waals surface area contributed by atoms with Gasteiger partial charge in [-0.15, -0.1) is 0 Å².